The van der Waals surface area contributed by atoms with Gasteiger partial charge in [0.15, 0.2) is 0 Å². The number of hydrogen-bond acceptors (Lipinski definition) is 4. The van der Waals surface area contributed by atoms with E-state index in [1.807, 2.05) is 0 Å². The Morgan fingerprint density at radius 1 is 1.09 bits per heavy atom. The van der Waals surface area contributed by atoms with Crippen LogP contribution in [0.15, 0.2) is 36.4 Å². The first-order chi connectivity index (χ1) is 11.0. The predicted molar refractivity (Wildman–Crippen MR) is 91.1 cm³/mol. The third-order valence-corrected chi connectivity index (χ3v) is 4.21. The number of nitro benzene ring substituents is 1. The van der Waals surface area contributed by atoms with E-state index in [1.165, 1.54) is 6.07 Å². The molecule has 2 aromatic rings. The van der Waals surface area contributed by atoms with Crippen LogP contribution in [0.25, 0.3) is 0 Å². The van der Waals surface area contributed by atoms with Crippen LogP contribution in [0, 0.1) is 10.1 Å². The third-order valence-electron chi connectivity index (χ3n) is 3.68. The second kappa shape index (κ2) is 6.64. The molecule has 1 fully saturated rings. The smallest absolute Gasteiger partial charge is 0.275 e. The topological polar surface area (TPSA) is 55.6 Å². The highest BCUT2D eigenvalue weighted by Crippen LogP contribution is 2.36. The van der Waals surface area contributed by atoms with Crippen molar-refractivity contribution < 1.29 is 9.66 Å². The van der Waals surface area contributed by atoms with Crippen molar-refractivity contribution in [3.63, 3.8) is 0 Å². The Morgan fingerprint density at radius 3 is 2.48 bits per heavy atom. The number of benzene rings is 2. The van der Waals surface area contributed by atoms with Crippen molar-refractivity contribution in [1.82, 2.24) is 0 Å². The highest BCUT2D eigenvalue weighted by atomic mass is 35.5. The van der Waals surface area contributed by atoms with Crippen LogP contribution in [-0.4, -0.2) is 18.0 Å². The zero-order valence-corrected chi connectivity index (χ0v) is 13.7. The lowest BCUT2D eigenvalue weighted by atomic mass is 10.2. The molecule has 3 rings (SSSR count). The highest BCUT2D eigenvalue weighted by molar-refractivity contribution is 6.35. The van der Waals surface area contributed by atoms with E-state index >= 15 is 0 Å². The van der Waals surface area contributed by atoms with Crippen molar-refractivity contribution in [2.24, 2.45) is 0 Å². The van der Waals surface area contributed by atoms with Gasteiger partial charge in [0, 0.05) is 35.9 Å². The van der Waals surface area contributed by atoms with Crippen molar-refractivity contribution in [3.8, 4) is 11.5 Å². The molecular formula is C16H14Cl2N2O3. The number of ether oxygens (including phenoxy) is 1. The lowest BCUT2D eigenvalue weighted by Gasteiger charge is -2.18. The van der Waals surface area contributed by atoms with Gasteiger partial charge in [0.2, 0.25) is 0 Å². The Morgan fingerprint density at radius 2 is 1.83 bits per heavy atom. The van der Waals surface area contributed by atoms with E-state index in [2.05, 4.69) is 4.90 Å². The fourth-order valence-corrected chi connectivity index (χ4v) is 3.02. The molecule has 5 nitrogen and oxygen atoms in total. The molecule has 1 aliphatic heterocycles. The van der Waals surface area contributed by atoms with Gasteiger partial charge in [-0.3, -0.25) is 10.1 Å². The quantitative estimate of drug-likeness (QED) is 0.553. The van der Waals surface area contributed by atoms with Crippen molar-refractivity contribution >= 4 is 34.6 Å². The normalized spacial score (nSPS) is 14.1. The molecule has 0 saturated carbocycles. The zero-order valence-electron chi connectivity index (χ0n) is 12.2. The average molecular weight is 353 g/mol. The van der Waals surface area contributed by atoms with Gasteiger partial charge in [-0.05, 0) is 31.0 Å². The van der Waals surface area contributed by atoms with Crippen LogP contribution in [0.2, 0.25) is 10.0 Å². The van der Waals surface area contributed by atoms with Gasteiger partial charge in [0.25, 0.3) is 5.69 Å². The number of hydrogen-bond donors (Lipinski definition) is 0. The molecule has 0 amide bonds. The van der Waals surface area contributed by atoms with Gasteiger partial charge in [-0.1, -0.05) is 23.2 Å². The van der Waals surface area contributed by atoms with E-state index in [1.54, 1.807) is 30.3 Å². The molecule has 23 heavy (non-hydrogen) atoms. The summed E-state index contributed by atoms with van der Waals surface area (Å²) in [6.07, 6.45) is 2.17. The Kier molecular flexibility index (Phi) is 4.59. The van der Waals surface area contributed by atoms with Crippen molar-refractivity contribution in [1.29, 1.82) is 0 Å². The molecule has 1 aliphatic rings. The van der Waals surface area contributed by atoms with Gasteiger partial charge in [-0.2, -0.15) is 0 Å². The second-order valence-electron chi connectivity index (χ2n) is 5.31. The number of anilines is 1. The minimum absolute atomic E-state index is 0.00511. The lowest BCUT2D eigenvalue weighted by Crippen LogP contribution is -2.17. The SMILES string of the molecule is O=[N+]([O-])c1cc(Oc2ccc(Cl)cc2Cl)cc(N2CCCC2)c1. The van der Waals surface area contributed by atoms with Crippen LogP contribution in [0.5, 0.6) is 11.5 Å². The minimum atomic E-state index is -0.421. The first kappa shape index (κ1) is 15.9. The van der Waals surface area contributed by atoms with Crippen molar-refractivity contribution in [3.05, 3.63) is 56.6 Å². The van der Waals surface area contributed by atoms with Crippen LogP contribution in [0.4, 0.5) is 11.4 Å². The van der Waals surface area contributed by atoms with Crippen LogP contribution < -0.4 is 9.64 Å². The van der Waals surface area contributed by atoms with Gasteiger partial charge in [-0.15, -0.1) is 0 Å². The summed E-state index contributed by atoms with van der Waals surface area (Å²) in [5.74, 6) is 0.786. The van der Waals surface area contributed by atoms with E-state index in [0.717, 1.165) is 31.6 Å². The molecule has 0 unspecified atom stereocenters. The van der Waals surface area contributed by atoms with E-state index in [9.17, 15) is 10.1 Å². The third kappa shape index (κ3) is 3.68. The first-order valence-electron chi connectivity index (χ1n) is 7.20. The fourth-order valence-electron chi connectivity index (χ4n) is 2.58. The maximum absolute atomic E-state index is 11.2. The number of nitrogens with zero attached hydrogens (tertiary/aromatic N) is 2. The van der Waals surface area contributed by atoms with Gasteiger partial charge < -0.3 is 9.64 Å². The summed E-state index contributed by atoms with van der Waals surface area (Å²) in [4.78, 5) is 12.9. The van der Waals surface area contributed by atoms with Gasteiger partial charge in [-0.25, -0.2) is 0 Å². The standard InChI is InChI=1S/C16H14Cl2N2O3/c17-11-3-4-16(15(18)7-11)23-14-9-12(19-5-1-2-6-19)8-13(10-14)20(21)22/h3-4,7-10H,1-2,5-6H2. The Hall–Kier alpha value is -1.98. The van der Waals surface area contributed by atoms with E-state index in [0.29, 0.717) is 21.5 Å². The molecule has 0 spiro atoms. The summed E-state index contributed by atoms with van der Waals surface area (Å²) < 4.78 is 5.73. The Labute approximate surface area is 143 Å². The average Bonchev–Trinajstić information content (AvgIpc) is 3.04. The number of halogens is 2. The molecule has 0 aromatic heterocycles. The van der Waals surface area contributed by atoms with Crippen LogP contribution in [-0.2, 0) is 0 Å². The van der Waals surface area contributed by atoms with Gasteiger partial charge >= 0.3 is 0 Å². The van der Waals surface area contributed by atoms with Crippen molar-refractivity contribution in [2.45, 2.75) is 12.8 Å². The molecule has 0 radical (unpaired) electrons. The summed E-state index contributed by atoms with van der Waals surface area (Å²) in [7, 11) is 0. The number of non-ortho nitro benzene ring substituents is 1. The van der Waals surface area contributed by atoms with E-state index < -0.39 is 4.92 Å². The molecule has 120 valence electrons. The van der Waals surface area contributed by atoms with Crippen molar-refractivity contribution in [2.75, 3.05) is 18.0 Å². The predicted octanol–water partition coefficient (Wildman–Crippen LogP) is 5.29. The fraction of sp³-hybridized carbons (Fsp3) is 0.250. The minimum Gasteiger partial charge on any atom is -0.455 e. The van der Waals surface area contributed by atoms with Crippen LogP contribution >= 0.6 is 23.2 Å². The Bertz CT molecular complexity index is 746. The number of nitro groups is 1. The van der Waals surface area contributed by atoms with Crippen LogP contribution in [0.3, 0.4) is 0 Å². The van der Waals surface area contributed by atoms with Crippen LogP contribution in [0.1, 0.15) is 12.8 Å². The molecule has 0 N–H and O–H groups in total. The van der Waals surface area contributed by atoms with E-state index in [-0.39, 0.29) is 5.69 Å². The summed E-state index contributed by atoms with van der Waals surface area (Å²) in [5, 5.41) is 12.0. The lowest BCUT2D eigenvalue weighted by molar-refractivity contribution is -0.384. The molecule has 7 heteroatoms. The highest BCUT2D eigenvalue weighted by Gasteiger charge is 2.18. The zero-order chi connectivity index (χ0) is 16.4. The Balaban J connectivity index is 1.95. The van der Waals surface area contributed by atoms with Gasteiger partial charge in [0.1, 0.15) is 11.5 Å². The molecular weight excluding hydrogens is 339 g/mol. The molecule has 0 bridgehead atoms. The largest absolute Gasteiger partial charge is 0.455 e. The first-order valence-corrected chi connectivity index (χ1v) is 7.96. The molecule has 1 heterocycles. The molecule has 2 aromatic carbocycles. The summed E-state index contributed by atoms with van der Waals surface area (Å²) in [5.41, 5.74) is 0.784. The molecule has 1 saturated heterocycles. The maximum Gasteiger partial charge on any atom is 0.275 e. The van der Waals surface area contributed by atoms with E-state index in [4.69, 9.17) is 27.9 Å². The summed E-state index contributed by atoms with van der Waals surface area (Å²) in [6.45, 7) is 1.78. The summed E-state index contributed by atoms with van der Waals surface area (Å²) in [6, 6.07) is 9.62. The maximum atomic E-state index is 11.2. The molecule has 0 aliphatic carbocycles. The number of rotatable bonds is 4. The molecule has 0 atom stereocenters. The monoisotopic (exact) mass is 352 g/mol. The van der Waals surface area contributed by atoms with Gasteiger partial charge in [0.05, 0.1) is 16.0 Å². The second-order valence-corrected chi connectivity index (χ2v) is 6.16. The summed E-state index contributed by atoms with van der Waals surface area (Å²) >= 11 is 12.0.